The summed E-state index contributed by atoms with van der Waals surface area (Å²) in [7, 11) is 1.57. The van der Waals surface area contributed by atoms with Gasteiger partial charge in [-0.2, -0.15) is 0 Å². The van der Waals surface area contributed by atoms with E-state index in [0.717, 1.165) is 11.4 Å². The normalized spacial score (nSPS) is 10.4. The van der Waals surface area contributed by atoms with Crippen molar-refractivity contribution in [3.8, 4) is 23.1 Å². The average Bonchev–Trinajstić information content (AvgIpc) is 2.97. The van der Waals surface area contributed by atoms with Crippen molar-refractivity contribution >= 4 is 5.69 Å². The lowest BCUT2D eigenvalue weighted by atomic mass is 10.2. The number of methoxy groups -OCH3 is 1. The molecule has 0 unspecified atom stereocenters. The highest BCUT2D eigenvalue weighted by molar-refractivity contribution is 5.63. The van der Waals surface area contributed by atoms with E-state index in [2.05, 4.69) is 15.0 Å². The molecule has 0 saturated carbocycles. The van der Waals surface area contributed by atoms with E-state index in [-0.39, 0.29) is 0 Å². The molecule has 20 heavy (non-hydrogen) atoms. The molecule has 0 spiro atoms. The number of rotatable bonds is 3. The van der Waals surface area contributed by atoms with Crippen molar-refractivity contribution in [1.82, 2.24) is 19.5 Å². The molecule has 2 aromatic heterocycles. The highest BCUT2D eigenvalue weighted by atomic mass is 16.5. The molecule has 0 aliphatic carbocycles. The number of ether oxygens (including phenoxy) is 1. The monoisotopic (exact) mass is 267 g/mol. The number of nitrogens with zero attached hydrogens (tertiary/aromatic N) is 4. The molecule has 3 rings (SSSR count). The van der Waals surface area contributed by atoms with Crippen LogP contribution in [0.5, 0.6) is 5.88 Å². The van der Waals surface area contributed by atoms with Crippen LogP contribution in [-0.2, 0) is 0 Å². The van der Waals surface area contributed by atoms with Gasteiger partial charge < -0.3 is 10.5 Å². The number of nitrogens with two attached hydrogens (primary N) is 1. The summed E-state index contributed by atoms with van der Waals surface area (Å²) in [5, 5.41) is 0. The Balaban J connectivity index is 2.10. The zero-order valence-corrected chi connectivity index (χ0v) is 10.9. The first kappa shape index (κ1) is 12.2. The summed E-state index contributed by atoms with van der Waals surface area (Å²) in [4.78, 5) is 12.6. The molecule has 0 amide bonds. The fourth-order valence-corrected chi connectivity index (χ4v) is 1.95. The molecule has 0 aliphatic heterocycles. The number of benzene rings is 1. The molecule has 0 saturated heterocycles. The average molecular weight is 267 g/mol. The Morgan fingerprint density at radius 3 is 2.85 bits per heavy atom. The summed E-state index contributed by atoms with van der Waals surface area (Å²) < 4.78 is 6.97. The predicted octanol–water partition coefficient (Wildman–Crippen LogP) is 1.92. The molecule has 0 radical (unpaired) electrons. The summed E-state index contributed by atoms with van der Waals surface area (Å²) in [5.74, 6) is 1.95. The smallest absolute Gasteiger partial charge is 0.218 e. The number of aromatic nitrogens is 4. The standard InChI is InChI=1S/C14H13N5O/c1-20-13-8-12(17-9-18-13)19-6-5-16-14(19)10-3-2-4-11(15)7-10/h2-9H,15H2,1H3. The van der Waals surface area contributed by atoms with Gasteiger partial charge in [0, 0.05) is 29.7 Å². The lowest BCUT2D eigenvalue weighted by Crippen LogP contribution is -2.01. The molecule has 0 aliphatic rings. The Hall–Kier alpha value is -2.89. The molecule has 0 atom stereocenters. The third-order valence-electron chi connectivity index (χ3n) is 2.87. The third kappa shape index (κ3) is 2.18. The fourth-order valence-electron chi connectivity index (χ4n) is 1.95. The Morgan fingerprint density at radius 2 is 2.05 bits per heavy atom. The van der Waals surface area contributed by atoms with E-state index in [1.165, 1.54) is 6.33 Å². The van der Waals surface area contributed by atoms with Gasteiger partial charge in [0.2, 0.25) is 5.88 Å². The first-order chi connectivity index (χ1) is 9.78. The van der Waals surface area contributed by atoms with Crippen LogP contribution in [0.4, 0.5) is 5.69 Å². The van der Waals surface area contributed by atoms with Crippen LogP contribution < -0.4 is 10.5 Å². The Morgan fingerprint density at radius 1 is 1.15 bits per heavy atom. The second-order valence-corrected chi connectivity index (χ2v) is 4.16. The number of anilines is 1. The van der Waals surface area contributed by atoms with Crippen LogP contribution in [0.3, 0.4) is 0 Å². The highest BCUT2D eigenvalue weighted by Gasteiger charge is 2.09. The van der Waals surface area contributed by atoms with Crippen molar-refractivity contribution in [2.75, 3.05) is 12.8 Å². The zero-order chi connectivity index (χ0) is 13.9. The van der Waals surface area contributed by atoms with Gasteiger partial charge in [-0.05, 0) is 12.1 Å². The fraction of sp³-hybridized carbons (Fsp3) is 0.0714. The van der Waals surface area contributed by atoms with Crippen LogP contribution in [0.25, 0.3) is 17.2 Å². The minimum atomic E-state index is 0.502. The van der Waals surface area contributed by atoms with Crippen molar-refractivity contribution in [3.05, 3.63) is 49.1 Å². The number of imidazole rings is 1. The quantitative estimate of drug-likeness (QED) is 0.733. The molecule has 6 nitrogen and oxygen atoms in total. The molecule has 100 valence electrons. The molecular weight excluding hydrogens is 254 g/mol. The van der Waals surface area contributed by atoms with Crippen LogP contribution in [0.2, 0.25) is 0 Å². The maximum atomic E-state index is 5.82. The van der Waals surface area contributed by atoms with E-state index in [0.29, 0.717) is 17.4 Å². The maximum Gasteiger partial charge on any atom is 0.218 e. The lowest BCUT2D eigenvalue weighted by molar-refractivity contribution is 0.396. The molecule has 0 bridgehead atoms. The highest BCUT2D eigenvalue weighted by Crippen LogP contribution is 2.23. The van der Waals surface area contributed by atoms with Crippen LogP contribution >= 0.6 is 0 Å². The van der Waals surface area contributed by atoms with Gasteiger partial charge in [-0.25, -0.2) is 15.0 Å². The molecular formula is C14H13N5O. The first-order valence-corrected chi connectivity index (χ1v) is 6.03. The van der Waals surface area contributed by atoms with Crippen molar-refractivity contribution in [2.24, 2.45) is 0 Å². The van der Waals surface area contributed by atoms with Gasteiger partial charge >= 0.3 is 0 Å². The molecule has 6 heteroatoms. The molecule has 2 N–H and O–H groups in total. The SMILES string of the molecule is COc1cc(-n2ccnc2-c2cccc(N)c2)ncn1. The van der Waals surface area contributed by atoms with E-state index < -0.39 is 0 Å². The van der Waals surface area contributed by atoms with E-state index in [1.807, 2.05) is 35.0 Å². The van der Waals surface area contributed by atoms with Gasteiger partial charge in [0.25, 0.3) is 0 Å². The molecule has 1 aromatic carbocycles. The largest absolute Gasteiger partial charge is 0.481 e. The third-order valence-corrected chi connectivity index (χ3v) is 2.87. The van der Waals surface area contributed by atoms with E-state index in [1.54, 1.807) is 19.4 Å². The summed E-state index contributed by atoms with van der Waals surface area (Å²) in [6.45, 7) is 0. The molecule has 2 heterocycles. The van der Waals surface area contributed by atoms with Gasteiger partial charge in [-0.1, -0.05) is 12.1 Å². The number of hydrogen-bond acceptors (Lipinski definition) is 5. The lowest BCUT2D eigenvalue weighted by Gasteiger charge is -2.08. The molecule has 0 fully saturated rings. The summed E-state index contributed by atoms with van der Waals surface area (Å²) >= 11 is 0. The second kappa shape index (κ2) is 5.00. The maximum absolute atomic E-state index is 5.82. The minimum Gasteiger partial charge on any atom is -0.481 e. The Kier molecular flexibility index (Phi) is 3.04. The van der Waals surface area contributed by atoms with Crippen molar-refractivity contribution in [3.63, 3.8) is 0 Å². The van der Waals surface area contributed by atoms with Gasteiger partial charge in [-0.15, -0.1) is 0 Å². The summed E-state index contributed by atoms with van der Waals surface area (Å²) in [5.41, 5.74) is 7.43. The van der Waals surface area contributed by atoms with Gasteiger partial charge in [-0.3, -0.25) is 4.57 Å². The number of nitrogen functional groups attached to an aromatic ring is 1. The predicted molar refractivity (Wildman–Crippen MR) is 75.6 cm³/mol. The van der Waals surface area contributed by atoms with Gasteiger partial charge in [0.05, 0.1) is 7.11 Å². The van der Waals surface area contributed by atoms with Crippen LogP contribution in [0, 0.1) is 0 Å². The van der Waals surface area contributed by atoms with Crippen molar-refractivity contribution in [1.29, 1.82) is 0 Å². The Bertz CT molecular complexity index is 738. The topological polar surface area (TPSA) is 78.9 Å². The number of hydrogen-bond donors (Lipinski definition) is 1. The van der Waals surface area contributed by atoms with Gasteiger partial charge in [0.1, 0.15) is 18.0 Å². The zero-order valence-electron chi connectivity index (χ0n) is 10.9. The van der Waals surface area contributed by atoms with E-state index >= 15 is 0 Å². The van der Waals surface area contributed by atoms with Crippen molar-refractivity contribution in [2.45, 2.75) is 0 Å². The molecule has 3 aromatic rings. The van der Waals surface area contributed by atoms with Crippen LogP contribution in [0.15, 0.2) is 49.1 Å². The Labute approximate surface area is 115 Å². The van der Waals surface area contributed by atoms with Gasteiger partial charge in [0.15, 0.2) is 0 Å². The first-order valence-electron chi connectivity index (χ1n) is 6.03. The summed E-state index contributed by atoms with van der Waals surface area (Å²) in [6, 6.07) is 9.30. The summed E-state index contributed by atoms with van der Waals surface area (Å²) in [6.07, 6.45) is 5.00. The van der Waals surface area contributed by atoms with Crippen molar-refractivity contribution < 1.29 is 4.74 Å². The van der Waals surface area contributed by atoms with Crippen LogP contribution in [0.1, 0.15) is 0 Å². The van der Waals surface area contributed by atoms with E-state index in [9.17, 15) is 0 Å². The van der Waals surface area contributed by atoms with Crippen LogP contribution in [-0.4, -0.2) is 26.6 Å². The second-order valence-electron chi connectivity index (χ2n) is 4.16. The van der Waals surface area contributed by atoms with E-state index in [4.69, 9.17) is 10.5 Å². The minimum absolute atomic E-state index is 0.502.